The predicted molar refractivity (Wildman–Crippen MR) is 95.2 cm³/mol. The summed E-state index contributed by atoms with van der Waals surface area (Å²) in [6.45, 7) is 0.292. The Balaban J connectivity index is 1.76. The zero-order valence-electron chi connectivity index (χ0n) is 14.8. The van der Waals surface area contributed by atoms with Crippen LogP contribution in [-0.4, -0.2) is 34.4 Å². The van der Waals surface area contributed by atoms with E-state index in [-0.39, 0.29) is 23.5 Å². The number of fused-ring (bicyclic) bond motifs is 1. The summed E-state index contributed by atoms with van der Waals surface area (Å²) >= 11 is 1.02. The van der Waals surface area contributed by atoms with Gasteiger partial charge >= 0.3 is 0 Å². The molecule has 2 aromatic heterocycles. The van der Waals surface area contributed by atoms with Crippen molar-refractivity contribution in [2.45, 2.75) is 31.7 Å². The number of ether oxygens (including phenoxy) is 2. The molecule has 0 atom stereocenters. The molecule has 3 aromatic rings. The molecule has 142 valence electrons. The van der Waals surface area contributed by atoms with Crippen molar-refractivity contribution in [1.82, 2.24) is 20.2 Å². The van der Waals surface area contributed by atoms with Gasteiger partial charge in [0, 0.05) is 23.6 Å². The zero-order chi connectivity index (χ0) is 19.4. The van der Waals surface area contributed by atoms with Crippen LogP contribution in [-0.2, 0) is 18.9 Å². The molecule has 0 saturated heterocycles. The molecule has 0 N–H and O–H groups in total. The molecule has 3 rings (SSSR count). The number of benzene rings is 1. The number of aromatic nitrogens is 4. The highest BCUT2D eigenvalue weighted by Gasteiger charge is 2.34. The maximum absolute atomic E-state index is 14.7. The molecule has 0 radical (unpaired) electrons. The van der Waals surface area contributed by atoms with Crippen molar-refractivity contribution in [3.8, 4) is 17.6 Å². The summed E-state index contributed by atoms with van der Waals surface area (Å²) in [5.41, 5.74) is 0. The van der Waals surface area contributed by atoms with Crippen LogP contribution in [0.25, 0.3) is 10.1 Å². The van der Waals surface area contributed by atoms with Gasteiger partial charge in [-0.25, -0.2) is 8.78 Å². The van der Waals surface area contributed by atoms with Crippen LogP contribution in [0.1, 0.15) is 23.5 Å². The van der Waals surface area contributed by atoms with Gasteiger partial charge in [0.05, 0.1) is 38.1 Å². The van der Waals surface area contributed by atoms with Crippen LogP contribution in [0, 0.1) is 11.3 Å². The minimum atomic E-state index is -3.03. The van der Waals surface area contributed by atoms with Crippen LogP contribution in [0.15, 0.2) is 18.2 Å². The quantitative estimate of drug-likeness (QED) is 0.582. The summed E-state index contributed by atoms with van der Waals surface area (Å²) in [4.78, 5) is 1.21. The number of thiophene rings is 1. The third-order valence-corrected chi connectivity index (χ3v) is 5.17. The van der Waals surface area contributed by atoms with E-state index in [1.54, 1.807) is 12.1 Å². The molecule has 27 heavy (non-hydrogen) atoms. The molecule has 7 nitrogen and oxygen atoms in total. The average molecular weight is 393 g/mol. The fraction of sp³-hybridized carbons (Fsp3) is 0.412. The molecule has 1 aromatic carbocycles. The first-order valence-corrected chi connectivity index (χ1v) is 8.96. The molecule has 0 aliphatic heterocycles. The van der Waals surface area contributed by atoms with Gasteiger partial charge < -0.3 is 9.47 Å². The third kappa shape index (κ3) is 4.14. The highest BCUT2D eigenvalue weighted by atomic mass is 32.1. The van der Waals surface area contributed by atoms with Gasteiger partial charge in [0.1, 0.15) is 0 Å². The molecular formula is C17H17F2N5O2S. The van der Waals surface area contributed by atoms with Gasteiger partial charge in [0.15, 0.2) is 17.3 Å². The van der Waals surface area contributed by atoms with Gasteiger partial charge in [-0.15, -0.1) is 21.5 Å². The topological polar surface area (TPSA) is 85.9 Å². The second-order valence-electron chi connectivity index (χ2n) is 5.77. The van der Waals surface area contributed by atoms with Crippen molar-refractivity contribution in [1.29, 1.82) is 5.26 Å². The van der Waals surface area contributed by atoms with Crippen LogP contribution < -0.4 is 9.47 Å². The van der Waals surface area contributed by atoms with Gasteiger partial charge in [0.2, 0.25) is 0 Å². The smallest absolute Gasteiger partial charge is 0.282 e. The number of nitriles is 1. The van der Waals surface area contributed by atoms with Crippen molar-refractivity contribution < 1.29 is 18.3 Å². The summed E-state index contributed by atoms with van der Waals surface area (Å²) in [6, 6.07) is 6.82. The van der Waals surface area contributed by atoms with E-state index in [1.165, 1.54) is 25.1 Å². The highest BCUT2D eigenvalue weighted by molar-refractivity contribution is 7.19. The number of hydrogen-bond acceptors (Lipinski definition) is 7. The first-order valence-electron chi connectivity index (χ1n) is 8.14. The van der Waals surface area contributed by atoms with Crippen LogP contribution in [0.2, 0.25) is 0 Å². The summed E-state index contributed by atoms with van der Waals surface area (Å²) in [6.07, 6.45) is -0.209. The molecular weight excluding hydrogens is 376 g/mol. The second-order valence-corrected chi connectivity index (χ2v) is 6.85. The molecule has 0 bridgehead atoms. The summed E-state index contributed by atoms with van der Waals surface area (Å²) in [5.74, 6) is -1.80. The maximum Gasteiger partial charge on any atom is 0.282 e. The third-order valence-electron chi connectivity index (χ3n) is 3.96. The van der Waals surface area contributed by atoms with Crippen molar-refractivity contribution in [2.24, 2.45) is 0 Å². The summed E-state index contributed by atoms with van der Waals surface area (Å²) in [7, 11) is 3.01. The molecule has 0 saturated carbocycles. The van der Waals surface area contributed by atoms with E-state index in [9.17, 15) is 8.78 Å². The van der Waals surface area contributed by atoms with Crippen molar-refractivity contribution in [3.63, 3.8) is 0 Å². The van der Waals surface area contributed by atoms with Gasteiger partial charge in [-0.2, -0.15) is 10.1 Å². The number of tetrazole rings is 1. The number of nitrogens with zero attached hydrogens (tertiary/aromatic N) is 5. The first kappa shape index (κ1) is 19.0. The van der Waals surface area contributed by atoms with E-state index in [4.69, 9.17) is 14.7 Å². The molecule has 10 heteroatoms. The minimum absolute atomic E-state index is 0.0135. The standard InChI is InChI=1S/C17H17F2N5O2S/c1-25-12-8-11-9-15(27-14(11)10-13(12)26-2)17(18,19)5-4-16-21-23-24(22-16)7-3-6-20/h8-10H,3-5,7H2,1-2H3. The van der Waals surface area contributed by atoms with E-state index >= 15 is 0 Å². The predicted octanol–water partition coefficient (Wildman–Crippen LogP) is 3.54. The lowest BCUT2D eigenvalue weighted by molar-refractivity contribution is -0.00959. The van der Waals surface area contributed by atoms with Gasteiger partial charge in [-0.1, -0.05) is 0 Å². The summed E-state index contributed by atoms with van der Waals surface area (Å²) < 4.78 is 40.5. The number of rotatable bonds is 8. The SMILES string of the molecule is COc1cc2cc(C(F)(F)CCc3nnn(CCC#N)n3)sc2cc1OC. The number of hydrogen-bond donors (Lipinski definition) is 0. The van der Waals surface area contributed by atoms with Crippen molar-refractivity contribution in [3.05, 3.63) is 28.9 Å². The lowest BCUT2D eigenvalue weighted by Crippen LogP contribution is -2.13. The fourth-order valence-corrected chi connectivity index (χ4v) is 3.64. The summed E-state index contributed by atoms with van der Waals surface area (Å²) in [5, 5.41) is 20.7. The number of halogens is 2. The number of methoxy groups -OCH3 is 2. The molecule has 0 aliphatic rings. The number of aryl methyl sites for hydroxylation is 2. The molecule has 2 heterocycles. The van der Waals surface area contributed by atoms with E-state index in [1.807, 2.05) is 6.07 Å². The Hall–Kier alpha value is -2.80. The Kier molecular flexibility index (Phi) is 5.51. The highest BCUT2D eigenvalue weighted by Crippen LogP contribution is 2.43. The molecule has 0 aliphatic carbocycles. The van der Waals surface area contributed by atoms with Gasteiger partial charge in [0.25, 0.3) is 5.92 Å². The number of alkyl halides is 2. The minimum Gasteiger partial charge on any atom is -0.493 e. The van der Waals surface area contributed by atoms with Crippen LogP contribution in [0.5, 0.6) is 11.5 Å². The Labute approximate surface area is 158 Å². The van der Waals surface area contributed by atoms with Crippen molar-refractivity contribution >= 4 is 21.4 Å². The Bertz CT molecular complexity index is 939. The molecule has 0 unspecified atom stereocenters. The Morgan fingerprint density at radius 2 is 1.96 bits per heavy atom. The van der Waals surface area contributed by atoms with E-state index in [0.717, 1.165) is 11.3 Å². The van der Waals surface area contributed by atoms with E-state index in [0.29, 0.717) is 28.1 Å². The van der Waals surface area contributed by atoms with Crippen LogP contribution in [0.4, 0.5) is 8.78 Å². The zero-order valence-corrected chi connectivity index (χ0v) is 15.6. The first-order chi connectivity index (χ1) is 13.0. The van der Waals surface area contributed by atoms with Crippen LogP contribution in [0.3, 0.4) is 0 Å². The molecule has 0 fully saturated rings. The average Bonchev–Trinajstić information content (AvgIpc) is 3.30. The van der Waals surface area contributed by atoms with E-state index < -0.39 is 12.3 Å². The van der Waals surface area contributed by atoms with Gasteiger partial charge in [-0.3, -0.25) is 0 Å². The normalized spacial score (nSPS) is 11.5. The second kappa shape index (κ2) is 7.84. The van der Waals surface area contributed by atoms with Crippen LogP contribution >= 0.6 is 11.3 Å². The Morgan fingerprint density at radius 1 is 1.22 bits per heavy atom. The maximum atomic E-state index is 14.7. The fourth-order valence-electron chi connectivity index (χ4n) is 2.56. The lowest BCUT2D eigenvalue weighted by atomic mass is 10.1. The van der Waals surface area contributed by atoms with Gasteiger partial charge in [-0.05, 0) is 22.7 Å². The molecule has 0 amide bonds. The largest absolute Gasteiger partial charge is 0.493 e. The Morgan fingerprint density at radius 3 is 2.67 bits per heavy atom. The van der Waals surface area contributed by atoms with E-state index in [2.05, 4.69) is 15.4 Å². The monoisotopic (exact) mass is 393 g/mol. The lowest BCUT2D eigenvalue weighted by Gasteiger charge is -2.12. The molecule has 0 spiro atoms. The van der Waals surface area contributed by atoms with Crippen molar-refractivity contribution in [2.75, 3.05) is 14.2 Å².